The van der Waals surface area contributed by atoms with Gasteiger partial charge in [0.1, 0.15) is 0 Å². The van der Waals surface area contributed by atoms with Crippen LogP contribution in [-0.2, 0) is 11.9 Å². The molecule has 0 spiro atoms. The van der Waals surface area contributed by atoms with E-state index in [-0.39, 0.29) is 0 Å². The Kier molecular flexibility index (Phi) is 4.71. The highest BCUT2D eigenvalue weighted by Crippen LogP contribution is 2.29. The molecule has 90 valence electrons. The van der Waals surface area contributed by atoms with E-state index in [0.29, 0.717) is 5.25 Å². The summed E-state index contributed by atoms with van der Waals surface area (Å²) >= 11 is 1.76. The Hall–Kier alpha value is -0.640. The van der Waals surface area contributed by atoms with Gasteiger partial charge >= 0.3 is 6.18 Å². The molecular formula is C12H15F3S. The van der Waals surface area contributed by atoms with Crippen molar-refractivity contribution in [3.63, 3.8) is 0 Å². The molecule has 0 saturated carbocycles. The van der Waals surface area contributed by atoms with Gasteiger partial charge in [0.2, 0.25) is 0 Å². The fraction of sp³-hybridized carbons (Fsp3) is 0.500. The molecule has 1 rings (SSSR count). The monoisotopic (exact) mass is 248 g/mol. The normalized spacial score (nSPS) is 13.8. The fourth-order valence-corrected chi connectivity index (χ4v) is 2.05. The smallest absolute Gasteiger partial charge is 0.166 e. The van der Waals surface area contributed by atoms with Gasteiger partial charge in [-0.3, -0.25) is 0 Å². The molecule has 0 nitrogen and oxygen atoms in total. The van der Waals surface area contributed by atoms with Crippen molar-refractivity contribution in [1.29, 1.82) is 0 Å². The Labute approximate surface area is 98.2 Å². The highest BCUT2D eigenvalue weighted by Gasteiger charge is 2.29. The van der Waals surface area contributed by atoms with E-state index in [4.69, 9.17) is 0 Å². The van der Waals surface area contributed by atoms with E-state index in [0.717, 1.165) is 29.9 Å². The first-order valence-corrected chi connectivity index (χ1v) is 6.26. The highest BCUT2D eigenvalue weighted by molar-refractivity contribution is 7.99. The molecule has 0 aromatic heterocycles. The Morgan fingerprint density at radius 2 is 1.75 bits per heavy atom. The van der Waals surface area contributed by atoms with E-state index in [1.165, 1.54) is 0 Å². The second-order valence-corrected chi connectivity index (χ2v) is 5.15. The summed E-state index contributed by atoms with van der Waals surface area (Å²) in [6.07, 6.45) is -3.16. The second kappa shape index (κ2) is 5.62. The number of thioether (sulfide) groups is 1. The summed E-state index contributed by atoms with van der Waals surface area (Å²) in [6.45, 7) is 4.22. The van der Waals surface area contributed by atoms with Gasteiger partial charge in [-0.2, -0.15) is 24.9 Å². The standard InChI is InChI=1S/C12H15F3S/c1-3-9(2)16-8-10-4-6-11(7-5-10)12(13,14)15/h4-7,9H,3,8H2,1-2H3. The lowest BCUT2D eigenvalue weighted by Gasteiger charge is -2.09. The minimum absolute atomic E-state index is 0.544. The van der Waals surface area contributed by atoms with Crippen LogP contribution in [0.15, 0.2) is 24.3 Å². The summed E-state index contributed by atoms with van der Waals surface area (Å²) < 4.78 is 36.8. The first kappa shape index (κ1) is 13.4. The maximum Gasteiger partial charge on any atom is 0.416 e. The maximum absolute atomic E-state index is 12.3. The molecule has 1 aromatic carbocycles. The van der Waals surface area contributed by atoms with E-state index < -0.39 is 11.7 Å². The van der Waals surface area contributed by atoms with Crippen LogP contribution < -0.4 is 0 Å². The predicted octanol–water partition coefficient (Wildman–Crippen LogP) is 4.74. The largest absolute Gasteiger partial charge is 0.416 e. The van der Waals surface area contributed by atoms with Gasteiger partial charge < -0.3 is 0 Å². The van der Waals surface area contributed by atoms with Crippen molar-refractivity contribution in [3.05, 3.63) is 35.4 Å². The van der Waals surface area contributed by atoms with Gasteiger partial charge in [-0.1, -0.05) is 26.0 Å². The molecule has 0 bridgehead atoms. The molecule has 16 heavy (non-hydrogen) atoms. The van der Waals surface area contributed by atoms with Crippen LogP contribution in [0.25, 0.3) is 0 Å². The van der Waals surface area contributed by atoms with Crippen LogP contribution in [0.2, 0.25) is 0 Å². The van der Waals surface area contributed by atoms with Crippen molar-refractivity contribution in [2.75, 3.05) is 0 Å². The lowest BCUT2D eigenvalue weighted by molar-refractivity contribution is -0.137. The van der Waals surface area contributed by atoms with E-state index >= 15 is 0 Å². The van der Waals surface area contributed by atoms with Gasteiger partial charge in [-0.25, -0.2) is 0 Å². The molecule has 0 fully saturated rings. The first-order chi connectivity index (χ1) is 7.43. The molecule has 0 aliphatic heterocycles. The number of benzene rings is 1. The summed E-state index contributed by atoms with van der Waals surface area (Å²) in [6, 6.07) is 5.40. The van der Waals surface area contributed by atoms with E-state index in [2.05, 4.69) is 13.8 Å². The number of hydrogen-bond donors (Lipinski definition) is 0. The Morgan fingerprint density at radius 1 is 1.19 bits per heavy atom. The van der Waals surface area contributed by atoms with Gasteiger partial charge in [0, 0.05) is 11.0 Å². The molecule has 0 aliphatic carbocycles. The molecule has 1 atom stereocenters. The first-order valence-electron chi connectivity index (χ1n) is 5.21. The minimum atomic E-state index is -4.23. The van der Waals surface area contributed by atoms with E-state index in [1.54, 1.807) is 23.9 Å². The molecule has 0 saturated heterocycles. The Balaban J connectivity index is 2.58. The van der Waals surface area contributed by atoms with Crippen LogP contribution in [-0.4, -0.2) is 5.25 Å². The molecule has 0 amide bonds. The van der Waals surface area contributed by atoms with Crippen molar-refractivity contribution < 1.29 is 13.2 Å². The summed E-state index contributed by atoms with van der Waals surface area (Å²) in [5, 5.41) is 0.544. The summed E-state index contributed by atoms with van der Waals surface area (Å²) in [5.74, 6) is 0.771. The summed E-state index contributed by atoms with van der Waals surface area (Å²) in [4.78, 5) is 0. The van der Waals surface area contributed by atoms with Crippen molar-refractivity contribution >= 4 is 11.8 Å². The quantitative estimate of drug-likeness (QED) is 0.741. The van der Waals surface area contributed by atoms with Gasteiger partial charge in [-0.15, -0.1) is 0 Å². The zero-order chi connectivity index (χ0) is 12.2. The van der Waals surface area contributed by atoms with Crippen LogP contribution >= 0.6 is 11.8 Å². The number of halogens is 3. The van der Waals surface area contributed by atoms with Crippen LogP contribution in [0.5, 0.6) is 0 Å². The Morgan fingerprint density at radius 3 is 2.19 bits per heavy atom. The van der Waals surface area contributed by atoms with Crippen LogP contribution in [0.1, 0.15) is 31.4 Å². The summed E-state index contributed by atoms with van der Waals surface area (Å²) in [7, 11) is 0. The SMILES string of the molecule is CCC(C)SCc1ccc(C(F)(F)F)cc1. The van der Waals surface area contributed by atoms with Crippen LogP contribution in [0.4, 0.5) is 13.2 Å². The zero-order valence-corrected chi connectivity index (χ0v) is 10.2. The van der Waals surface area contributed by atoms with Crippen molar-refractivity contribution in [1.82, 2.24) is 0 Å². The third-order valence-corrected chi connectivity index (χ3v) is 3.79. The van der Waals surface area contributed by atoms with Gasteiger partial charge in [0.25, 0.3) is 0 Å². The maximum atomic E-state index is 12.3. The zero-order valence-electron chi connectivity index (χ0n) is 9.34. The van der Waals surface area contributed by atoms with Crippen molar-refractivity contribution in [3.8, 4) is 0 Å². The third-order valence-electron chi connectivity index (χ3n) is 2.39. The molecule has 0 aliphatic rings. The lowest BCUT2D eigenvalue weighted by atomic mass is 10.1. The van der Waals surface area contributed by atoms with Crippen molar-refractivity contribution in [2.45, 2.75) is 37.4 Å². The molecule has 0 N–H and O–H groups in total. The number of hydrogen-bond acceptors (Lipinski definition) is 1. The van der Waals surface area contributed by atoms with Crippen LogP contribution in [0, 0.1) is 0 Å². The van der Waals surface area contributed by atoms with Gasteiger partial charge in [-0.05, 0) is 24.1 Å². The lowest BCUT2D eigenvalue weighted by Crippen LogP contribution is -2.04. The Bertz CT molecular complexity index is 316. The highest BCUT2D eigenvalue weighted by atomic mass is 32.2. The predicted molar refractivity (Wildman–Crippen MR) is 62.5 cm³/mol. The van der Waals surface area contributed by atoms with Gasteiger partial charge in [0.15, 0.2) is 0 Å². The summed E-state index contributed by atoms with van der Waals surface area (Å²) in [5.41, 5.74) is 0.364. The van der Waals surface area contributed by atoms with E-state index in [9.17, 15) is 13.2 Å². The molecule has 1 unspecified atom stereocenters. The van der Waals surface area contributed by atoms with Crippen LogP contribution in [0.3, 0.4) is 0 Å². The average Bonchev–Trinajstić information content (AvgIpc) is 2.25. The third kappa shape index (κ3) is 4.08. The number of rotatable bonds is 4. The minimum Gasteiger partial charge on any atom is -0.166 e. The molecule has 1 aromatic rings. The molecule has 4 heteroatoms. The molecule has 0 heterocycles. The topological polar surface area (TPSA) is 0 Å². The molecular weight excluding hydrogens is 233 g/mol. The fourth-order valence-electron chi connectivity index (χ4n) is 1.15. The van der Waals surface area contributed by atoms with E-state index in [1.807, 2.05) is 0 Å². The second-order valence-electron chi connectivity index (χ2n) is 3.72. The van der Waals surface area contributed by atoms with Crippen molar-refractivity contribution in [2.24, 2.45) is 0 Å². The number of alkyl halides is 3. The average molecular weight is 248 g/mol. The molecule has 0 radical (unpaired) electrons. The van der Waals surface area contributed by atoms with Gasteiger partial charge in [0.05, 0.1) is 5.56 Å².